The molecule has 2 aromatic rings. The zero-order chi connectivity index (χ0) is 23.0. The fourth-order valence-electron chi connectivity index (χ4n) is 3.96. The van der Waals surface area contributed by atoms with E-state index >= 15 is 0 Å². The van der Waals surface area contributed by atoms with Crippen molar-refractivity contribution >= 4 is 15.9 Å². The van der Waals surface area contributed by atoms with Crippen molar-refractivity contribution in [1.82, 2.24) is 9.21 Å². The Morgan fingerprint density at radius 2 is 1.78 bits per heavy atom. The Morgan fingerprint density at radius 1 is 1.09 bits per heavy atom. The van der Waals surface area contributed by atoms with E-state index in [1.54, 1.807) is 23.1 Å². The van der Waals surface area contributed by atoms with Gasteiger partial charge in [0.2, 0.25) is 10.0 Å². The minimum absolute atomic E-state index is 0.0503. The van der Waals surface area contributed by atoms with Crippen LogP contribution in [-0.4, -0.2) is 56.8 Å². The number of nitrogens with zero attached hydrogens (tertiary/aromatic N) is 2. The number of sulfonamides is 1. The molecule has 0 N–H and O–H groups in total. The second kappa shape index (κ2) is 11.3. The van der Waals surface area contributed by atoms with Crippen LogP contribution in [0.15, 0.2) is 66.1 Å². The van der Waals surface area contributed by atoms with E-state index in [-0.39, 0.29) is 16.6 Å². The van der Waals surface area contributed by atoms with Gasteiger partial charge < -0.3 is 9.64 Å². The van der Waals surface area contributed by atoms with E-state index in [1.807, 2.05) is 30.3 Å². The molecule has 1 aliphatic heterocycles. The highest BCUT2D eigenvalue weighted by Crippen LogP contribution is 2.30. The maximum Gasteiger partial charge on any atom is 0.254 e. The van der Waals surface area contributed by atoms with Gasteiger partial charge in [-0.2, -0.15) is 4.31 Å². The third-order valence-corrected chi connectivity index (χ3v) is 7.66. The van der Waals surface area contributed by atoms with Crippen molar-refractivity contribution < 1.29 is 17.9 Å². The third kappa shape index (κ3) is 5.78. The maximum atomic E-state index is 13.4. The van der Waals surface area contributed by atoms with E-state index in [0.717, 1.165) is 31.2 Å². The summed E-state index contributed by atoms with van der Waals surface area (Å²) < 4.78 is 33.7. The van der Waals surface area contributed by atoms with E-state index in [4.69, 9.17) is 4.74 Å². The molecule has 1 fully saturated rings. The van der Waals surface area contributed by atoms with Gasteiger partial charge in [0.15, 0.2) is 0 Å². The number of methoxy groups -OCH3 is 1. The molecule has 6 nitrogen and oxygen atoms in total. The smallest absolute Gasteiger partial charge is 0.254 e. The molecule has 0 aliphatic carbocycles. The number of carbonyl (C=O) groups is 1. The number of rotatable bonds is 9. The molecule has 1 aliphatic rings. The van der Waals surface area contributed by atoms with Crippen LogP contribution in [0.3, 0.4) is 0 Å². The highest BCUT2D eigenvalue weighted by molar-refractivity contribution is 7.89. The molecule has 0 spiro atoms. The first-order chi connectivity index (χ1) is 15.5. The summed E-state index contributed by atoms with van der Waals surface area (Å²) in [5.74, 6) is 0.0288. The Morgan fingerprint density at radius 3 is 2.41 bits per heavy atom. The molecule has 0 radical (unpaired) electrons. The molecule has 1 amide bonds. The molecule has 0 aromatic heterocycles. The zero-order valence-corrected chi connectivity index (χ0v) is 19.5. The van der Waals surface area contributed by atoms with E-state index in [1.165, 1.54) is 17.5 Å². The Bertz CT molecular complexity index is 1010. The first kappa shape index (κ1) is 24.0. The molecule has 3 rings (SSSR count). The quantitative estimate of drug-likeness (QED) is 0.532. The molecule has 172 valence electrons. The summed E-state index contributed by atoms with van der Waals surface area (Å²) in [5.41, 5.74) is 1.46. The molecule has 1 saturated heterocycles. The van der Waals surface area contributed by atoms with Gasteiger partial charge in [0, 0.05) is 31.7 Å². The monoisotopic (exact) mass is 456 g/mol. The Hall–Kier alpha value is -2.64. The van der Waals surface area contributed by atoms with Gasteiger partial charge in [-0.15, -0.1) is 6.58 Å². The highest BCUT2D eigenvalue weighted by atomic mass is 32.2. The lowest BCUT2D eigenvalue weighted by molar-refractivity contribution is 0.0775. The van der Waals surface area contributed by atoms with Crippen LogP contribution in [0.5, 0.6) is 5.75 Å². The van der Waals surface area contributed by atoms with Crippen molar-refractivity contribution in [2.24, 2.45) is 0 Å². The molecule has 0 atom stereocenters. The SMILES string of the molecule is C=CCN(CCc1ccccc1)C(=O)c1ccc(OC)c(S(=O)(=O)N2CCCCCC2)c1. The summed E-state index contributed by atoms with van der Waals surface area (Å²) in [6.45, 7) is 5.64. The second-order valence-corrected chi connectivity index (χ2v) is 9.87. The van der Waals surface area contributed by atoms with Crippen LogP contribution in [0.1, 0.15) is 41.6 Å². The van der Waals surface area contributed by atoms with Crippen LogP contribution in [0.2, 0.25) is 0 Å². The van der Waals surface area contributed by atoms with Crippen LogP contribution in [-0.2, 0) is 16.4 Å². The number of hydrogen-bond donors (Lipinski definition) is 0. The molecule has 0 bridgehead atoms. The minimum Gasteiger partial charge on any atom is -0.495 e. The molecule has 0 unspecified atom stereocenters. The van der Waals surface area contributed by atoms with Crippen molar-refractivity contribution in [2.45, 2.75) is 37.0 Å². The third-order valence-electron chi connectivity index (χ3n) is 5.74. The average molecular weight is 457 g/mol. The van der Waals surface area contributed by atoms with Crippen LogP contribution in [0, 0.1) is 0 Å². The van der Waals surface area contributed by atoms with Crippen molar-refractivity contribution in [3.8, 4) is 5.75 Å². The van der Waals surface area contributed by atoms with Crippen molar-refractivity contribution in [1.29, 1.82) is 0 Å². The van der Waals surface area contributed by atoms with E-state index in [2.05, 4.69) is 6.58 Å². The van der Waals surface area contributed by atoms with Crippen LogP contribution in [0.4, 0.5) is 0 Å². The van der Waals surface area contributed by atoms with Gasteiger partial charge in [-0.25, -0.2) is 8.42 Å². The van der Waals surface area contributed by atoms with Gasteiger partial charge in [-0.05, 0) is 43.0 Å². The van der Waals surface area contributed by atoms with E-state index in [0.29, 0.717) is 38.2 Å². The first-order valence-corrected chi connectivity index (χ1v) is 12.5. The van der Waals surface area contributed by atoms with E-state index in [9.17, 15) is 13.2 Å². The van der Waals surface area contributed by atoms with Crippen molar-refractivity contribution in [2.75, 3.05) is 33.3 Å². The largest absolute Gasteiger partial charge is 0.495 e. The van der Waals surface area contributed by atoms with E-state index < -0.39 is 10.0 Å². The summed E-state index contributed by atoms with van der Waals surface area (Å²) in [6, 6.07) is 14.6. The lowest BCUT2D eigenvalue weighted by Gasteiger charge is -2.24. The maximum absolute atomic E-state index is 13.4. The Labute approximate surface area is 191 Å². The molecular formula is C25H32N2O4S. The molecule has 2 aromatic carbocycles. The Kier molecular flexibility index (Phi) is 8.47. The van der Waals surface area contributed by atoms with Gasteiger partial charge in [0.05, 0.1) is 7.11 Å². The fourth-order valence-corrected chi connectivity index (χ4v) is 5.65. The minimum atomic E-state index is -3.76. The van der Waals surface area contributed by atoms with Crippen molar-refractivity contribution in [3.63, 3.8) is 0 Å². The van der Waals surface area contributed by atoms with Gasteiger partial charge in [-0.1, -0.05) is 49.2 Å². The number of carbonyl (C=O) groups excluding carboxylic acids is 1. The van der Waals surface area contributed by atoms with Crippen molar-refractivity contribution in [3.05, 3.63) is 72.3 Å². The lowest BCUT2D eigenvalue weighted by Crippen LogP contribution is -2.34. The first-order valence-electron chi connectivity index (χ1n) is 11.1. The molecule has 32 heavy (non-hydrogen) atoms. The summed E-state index contributed by atoms with van der Waals surface area (Å²) in [5, 5.41) is 0. The number of benzene rings is 2. The van der Waals surface area contributed by atoms with Gasteiger partial charge in [0.1, 0.15) is 10.6 Å². The number of ether oxygens (including phenoxy) is 1. The fraction of sp³-hybridized carbons (Fsp3) is 0.400. The van der Waals surface area contributed by atoms with Gasteiger partial charge in [-0.3, -0.25) is 4.79 Å². The summed E-state index contributed by atoms with van der Waals surface area (Å²) in [4.78, 5) is 15.0. The topological polar surface area (TPSA) is 66.9 Å². The van der Waals surface area contributed by atoms with Crippen LogP contribution < -0.4 is 4.74 Å². The Balaban J connectivity index is 1.87. The molecule has 1 heterocycles. The number of hydrogen-bond acceptors (Lipinski definition) is 4. The normalized spacial score (nSPS) is 15.0. The summed E-state index contributed by atoms with van der Waals surface area (Å²) in [7, 11) is -2.31. The van der Waals surface area contributed by atoms with Gasteiger partial charge in [0.25, 0.3) is 5.91 Å². The van der Waals surface area contributed by atoms with Crippen LogP contribution in [0.25, 0.3) is 0 Å². The zero-order valence-electron chi connectivity index (χ0n) is 18.7. The molecule has 0 saturated carbocycles. The predicted molar refractivity (Wildman–Crippen MR) is 126 cm³/mol. The molecular weight excluding hydrogens is 424 g/mol. The standard InChI is InChI=1S/C25H32N2O4S/c1-3-16-26(19-15-21-11-7-6-8-12-21)25(28)22-13-14-23(31-2)24(20-22)32(29,30)27-17-9-4-5-10-18-27/h3,6-8,11-14,20H,1,4-5,9-10,15-19H2,2H3. The average Bonchev–Trinajstić information content (AvgIpc) is 3.12. The lowest BCUT2D eigenvalue weighted by atomic mass is 10.1. The highest BCUT2D eigenvalue weighted by Gasteiger charge is 2.29. The summed E-state index contributed by atoms with van der Waals surface area (Å²) >= 11 is 0. The second-order valence-electron chi connectivity index (χ2n) is 7.96. The van der Waals surface area contributed by atoms with Gasteiger partial charge >= 0.3 is 0 Å². The summed E-state index contributed by atoms with van der Waals surface area (Å²) in [6.07, 6.45) is 6.12. The number of amides is 1. The molecule has 7 heteroatoms. The predicted octanol–water partition coefficient (Wildman–Crippen LogP) is 4.13. The van der Waals surface area contributed by atoms with Crippen LogP contribution >= 0.6 is 0 Å².